The summed E-state index contributed by atoms with van der Waals surface area (Å²) in [4.78, 5) is 2.70. The first-order chi connectivity index (χ1) is 6.84. The monoisotopic (exact) mass is 196 g/mol. The largest absolute Gasteiger partial charge is 0.316 e. The van der Waals surface area contributed by atoms with Gasteiger partial charge in [-0.3, -0.25) is 0 Å². The SMILES string of the molecule is CC1CNCCCN(CC2CCC2)C1. The maximum Gasteiger partial charge on any atom is 0.00193 e. The predicted molar refractivity (Wildman–Crippen MR) is 60.4 cm³/mol. The molecule has 1 atom stereocenters. The van der Waals surface area contributed by atoms with Crippen LogP contribution in [-0.4, -0.2) is 37.6 Å². The molecule has 14 heavy (non-hydrogen) atoms. The molecule has 2 rings (SSSR count). The topological polar surface area (TPSA) is 15.3 Å². The number of hydrogen-bond donors (Lipinski definition) is 1. The Balaban J connectivity index is 1.75. The zero-order chi connectivity index (χ0) is 9.80. The third-order valence-electron chi connectivity index (χ3n) is 3.63. The number of nitrogens with zero attached hydrogens (tertiary/aromatic N) is 1. The van der Waals surface area contributed by atoms with E-state index >= 15 is 0 Å². The van der Waals surface area contributed by atoms with Gasteiger partial charge in [0, 0.05) is 13.1 Å². The fourth-order valence-electron chi connectivity index (χ4n) is 2.58. The van der Waals surface area contributed by atoms with Crippen molar-refractivity contribution in [3.05, 3.63) is 0 Å². The van der Waals surface area contributed by atoms with Crippen molar-refractivity contribution in [2.75, 3.05) is 32.7 Å². The van der Waals surface area contributed by atoms with Gasteiger partial charge in [-0.05, 0) is 50.7 Å². The quantitative estimate of drug-likeness (QED) is 0.723. The van der Waals surface area contributed by atoms with Crippen molar-refractivity contribution >= 4 is 0 Å². The van der Waals surface area contributed by atoms with Gasteiger partial charge >= 0.3 is 0 Å². The molecule has 2 nitrogen and oxygen atoms in total. The minimum absolute atomic E-state index is 0.829. The normalized spacial score (nSPS) is 31.9. The van der Waals surface area contributed by atoms with Gasteiger partial charge in [-0.25, -0.2) is 0 Å². The smallest absolute Gasteiger partial charge is 0.00193 e. The second-order valence-electron chi connectivity index (χ2n) is 5.22. The Morgan fingerprint density at radius 2 is 2.14 bits per heavy atom. The lowest BCUT2D eigenvalue weighted by Crippen LogP contribution is -2.41. The first kappa shape index (κ1) is 10.4. The molecule has 1 aliphatic carbocycles. The third-order valence-corrected chi connectivity index (χ3v) is 3.63. The van der Waals surface area contributed by atoms with Gasteiger partial charge in [-0.2, -0.15) is 0 Å². The summed E-state index contributed by atoms with van der Waals surface area (Å²) in [5.41, 5.74) is 0. The molecule has 2 fully saturated rings. The van der Waals surface area contributed by atoms with Crippen LogP contribution in [0, 0.1) is 11.8 Å². The average molecular weight is 196 g/mol. The summed E-state index contributed by atoms with van der Waals surface area (Å²) in [7, 11) is 0. The van der Waals surface area contributed by atoms with Crippen LogP contribution in [-0.2, 0) is 0 Å². The van der Waals surface area contributed by atoms with Gasteiger partial charge in [-0.1, -0.05) is 13.3 Å². The van der Waals surface area contributed by atoms with Gasteiger partial charge in [0.25, 0.3) is 0 Å². The molecule has 0 amide bonds. The summed E-state index contributed by atoms with van der Waals surface area (Å²) in [6.07, 6.45) is 5.79. The highest BCUT2D eigenvalue weighted by Crippen LogP contribution is 2.27. The molecular formula is C12H24N2. The molecule has 0 aromatic carbocycles. The van der Waals surface area contributed by atoms with Gasteiger partial charge in [0.05, 0.1) is 0 Å². The van der Waals surface area contributed by atoms with E-state index in [4.69, 9.17) is 0 Å². The second-order valence-corrected chi connectivity index (χ2v) is 5.22. The van der Waals surface area contributed by atoms with Gasteiger partial charge in [0.15, 0.2) is 0 Å². The maximum atomic E-state index is 3.51. The molecule has 0 radical (unpaired) electrons. The van der Waals surface area contributed by atoms with Crippen molar-refractivity contribution in [3.63, 3.8) is 0 Å². The second kappa shape index (κ2) is 5.13. The van der Waals surface area contributed by atoms with E-state index in [-0.39, 0.29) is 0 Å². The van der Waals surface area contributed by atoms with Crippen molar-refractivity contribution in [1.82, 2.24) is 10.2 Å². The Morgan fingerprint density at radius 3 is 2.86 bits per heavy atom. The van der Waals surface area contributed by atoms with E-state index in [2.05, 4.69) is 17.1 Å². The van der Waals surface area contributed by atoms with Crippen LogP contribution in [0.15, 0.2) is 0 Å². The van der Waals surface area contributed by atoms with Gasteiger partial charge in [-0.15, -0.1) is 0 Å². The van der Waals surface area contributed by atoms with Crippen molar-refractivity contribution in [2.24, 2.45) is 11.8 Å². The Kier molecular flexibility index (Phi) is 3.82. The van der Waals surface area contributed by atoms with Crippen LogP contribution in [0.4, 0.5) is 0 Å². The van der Waals surface area contributed by atoms with Gasteiger partial charge < -0.3 is 10.2 Å². The van der Waals surface area contributed by atoms with E-state index in [0.717, 1.165) is 11.8 Å². The van der Waals surface area contributed by atoms with E-state index in [0.29, 0.717) is 0 Å². The fourth-order valence-corrected chi connectivity index (χ4v) is 2.58. The first-order valence-corrected chi connectivity index (χ1v) is 6.27. The van der Waals surface area contributed by atoms with Crippen LogP contribution in [0.3, 0.4) is 0 Å². The molecule has 0 spiro atoms. The first-order valence-electron chi connectivity index (χ1n) is 6.27. The van der Waals surface area contributed by atoms with E-state index < -0.39 is 0 Å². The molecule has 1 unspecified atom stereocenters. The molecule has 1 aliphatic heterocycles. The fraction of sp³-hybridized carbons (Fsp3) is 1.00. The Morgan fingerprint density at radius 1 is 1.29 bits per heavy atom. The van der Waals surface area contributed by atoms with Crippen LogP contribution in [0.1, 0.15) is 32.6 Å². The molecule has 0 aromatic rings. The Bertz CT molecular complexity index is 164. The summed E-state index contributed by atoms with van der Waals surface area (Å²) >= 11 is 0. The van der Waals surface area contributed by atoms with Gasteiger partial charge in [0.2, 0.25) is 0 Å². The van der Waals surface area contributed by atoms with E-state index in [1.54, 1.807) is 0 Å². The summed E-state index contributed by atoms with van der Waals surface area (Å²) in [5, 5.41) is 3.51. The molecule has 1 saturated carbocycles. The maximum absolute atomic E-state index is 3.51. The summed E-state index contributed by atoms with van der Waals surface area (Å²) < 4.78 is 0. The summed E-state index contributed by atoms with van der Waals surface area (Å²) in [6.45, 7) is 8.79. The molecule has 1 N–H and O–H groups in total. The lowest BCUT2D eigenvalue weighted by atomic mass is 9.85. The van der Waals surface area contributed by atoms with Crippen molar-refractivity contribution in [1.29, 1.82) is 0 Å². The predicted octanol–water partition coefficient (Wildman–Crippen LogP) is 1.72. The average Bonchev–Trinajstić information content (AvgIpc) is 2.05. The molecule has 1 heterocycles. The molecule has 1 saturated heterocycles. The molecule has 2 heteroatoms. The standard InChI is InChI=1S/C12H24N2/c1-11-8-13-6-3-7-14(9-11)10-12-4-2-5-12/h11-13H,2-10H2,1H3. The molecular weight excluding hydrogens is 172 g/mol. The van der Waals surface area contributed by atoms with Crippen molar-refractivity contribution in [2.45, 2.75) is 32.6 Å². The highest BCUT2D eigenvalue weighted by atomic mass is 15.1. The number of hydrogen-bond acceptors (Lipinski definition) is 2. The summed E-state index contributed by atoms with van der Waals surface area (Å²) in [5.74, 6) is 1.87. The Labute approximate surface area is 88.1 Å². The van der Waals surface area contributed by atoms with Crippen LogP contribution in [0.2, 0.25) is 0 Å². The summed E-state index contributed by atoms with van der Waals surface area (Å²) in [6, 6.07) is 0. The van der Waals surface area contributed by atoms with Gasteiger partial charge in [0.1, 0.15) is 0 Å². The van der Waals surface area contributed by atoms with E-state index in [1.165, 1.54) is 58.4 Å². The van der Waals surface area contributed by atoms with Crippen LogP contribution in [0.25, 0.3) is 0 Å². The van der Waals surface area contributed by atoms with Crippen LogP contribution >= 0.6 is 0 Å². The lowest BCUT2D eigenvalue weighted by molar-refractivity contribution is 0.150. The van der Waals surface area contributed by atoms with E-state index in [1.807, 2.05) is 0 Å². The highest BCUT2D eigenvalue weighted by molar-refractivity contribution is 4.76. The highest BCUT2D eigenvalue weighted by Gasteiger charge is 2.22. The molecule has 82 valence electrons. The third kappa shape index (κ3) is 2.96. The Hall–Kier alpha value is -0.0800. The lowest BCUT2D eigenvalue weighted by Gasteiger charge is -2.35. The minimum atomic E-state index is 0.829. The van der Waals surface area contributed by atoms with Crippen molar-refractivity contribution in [3.8, 4) is 0 Å². The van der Waals surface area contributed by atoms with Crippen LogP contribution in [0.5, 0.6) is 0 Å². The zero-order valence-corrected chi connectivity index (χ0v) is 9.47. The number of nitrogens with one attached hydrogen (secondary N) is 1. The van der Waals surface area contributed by atoms with E-state index in [9.17, 15) is 0 Å². The molecule has 2 aliphatic rings. The van der Waals surface area contributed by atoms with Crippen LogP contribution < -0.4 is 5.32 Å². The molecule has 0 bridgehead atoms. The minimum Gasteiger partial charge on any atom is -0.316 e. The zero-order valence-electron chi connectivity index (χ0n) is 9.47. The number of rotatable bonds is 2. The van der Waals surface area contributed by atoms with Crippen molar-refractivity contribution < 1.29 is 0 Å². The molecule has 0 aromatic heterocycles.